The summed E-state index contributed by atoms with van der Waals surface area (Å²) in [6, 6.07) is 0. The Labute approximate surface area is 134 Å². The van der Waals surface area contributed by atoms with Crippen molar-refractivity contribution in [1.29, 1.82) is 0 Å². The zero-order chi connectivity index (χ0) is 15.0. The van der Waals surface area contributed by atoms with Gasteiger partial charge in [0.1, 0.15) is 5.01 Å². The van der Waals surface area contributed by atoms with Gasteiger partial charge in [0.2, 0.25) is 11.0 Å². The minimum atomic E-state index is -0.232. The number of esters is 1. The summed E-state index contributed by atoms with van der Waals surface area (Å²) in [6.07, 6.45) is 1.66. The number of rotatable bonds is 8. The van der Waals surface area contributed by atoms with E-state index in [4.69, 9.17) is 0 Å². The molecule has 0 fully saturated rings. The third-order valence-corrected chi connectivity index (χ3v) is 3.55. The summed E-state index contributed by atoms with van der Waals surface area (Å²) < 4.78 is 4.56. The van der Waals surface area contributed by atoms with Crippen LogP contribution in [0.5, 0.6) is 0 Å². The Hall–Kier alpha value is -1.25. The van der Waals surface area contributed by atoms with Crippen LogP contribution in [0, 0.1) is 5.92 Å². The summed E-state index contributed by atoms with van der Waals surface area (Å²) in [5, 5.41) is 14.9. The molecule has 21 heavy (non-hydrogen) atoms. The lowest BCUT2D eigenvalue weighted by Crippen LogP contribution is -2.28. The first-order valence-corrected chi connectivity index (χ1v) is 7.23. The van der Waals surface area contributed by atoms with Gasteiger partial charge < -0.3 is 15.4 Å². The number of carbonyl (C=O) groups excluding carboxylic acids is 2. The number of nitrogens with zero attached hydrogens (tertiary/aromatic N) is 2. The molecular formula is C12H21ClN4O3S. The highest BCUT2D eigenvalue weighted by Crippen LogP contribution is 2.17. The highest BCUT2D eigenvalue weighted by Gasteiger charge is 2.14. The van der Waals surface area contributed by atoms with Crippen molar-refractivity contribution in [2.45, 2.75) is 26.2 Å². The van der Waals surface area contributed by atoms with Crippen molar-refractivity contribution in [1.82, 2.24) is 15.5 Å². The van der Waals surface area contributed by atoms with Crippen LogP contribution in [0.3, 0.4) is 0 Å². The molecule has 0 aliphatic carbocycles. The predicted molar refractivity (Wildman–Crippen MR) is 83.8 cm³/mol. The van der Waals surface area contributed by atoms with Crippen molar-refractivity contribution in [2.24, 2.45) is 5.92 Å². The number of ether oxygens (including phenoxy) is 1. The monoisotopic (exact) mass is 336 g/mol. The number of anilines is 1. The van der Waals surface area contributed by atoms with Crippen LogP contribution in [0.25, 0.3) is 0 Å². The molecule has 1 rings (SSSR count). The molecule has 0 bridgehead atoms. The van der Waals surface area contributed by atoms with Gasteiger partial charge in [-0.05, 0) is 13.5 Å². The molecule has 7 nitrogen and oxygen atoms in total. The maximum atomic E-state index is 11.8. The number of aryl methyl sites for hydroxylation is 1. The van der Waals surface area contributed by atoms with E-state index in [0.29, 0.717) is 30.9 Å². The number of hydrogen-bond donors (Lipinski definition) is 2. The van der Waals surface area contributed by atoms with Gasteiger partial charge in [0, 0.05) is 25.3 Å². The summed E-state index contributed by atoms with van der Waals surface area (Å²) in [4.78, 5) is 22.8. The molecule has 0 spiro atoms. The Morgan fingerprint density at radius 1 is 1.38 bits per heavy atom. The van der Waals surface area contributed by atoms with Crippen molar-refractivity contribution in [3.63, 3.8) is 0 Å². The van der Waals surface area contributed by atoms with Gasteiger partial charge in [0.25, 0.3) is 0 Å². The third-order valence-electron chi connectivity index (χ3n) is 2.65. The van der Waals surface area contributed by atoms with Gasteiger partial charge >= 0.3 is 5.97 Å². The fourth-order valence-electron chi connectivity index (χ4n) is 1.52. The van der Waals surface area contributed by atoms with E-state index in [1.165, 1.54) is 18.4 Å². The number of halogens is 1. The standard InChI is InChI=1S/C12H20N4O3S.ClH/c1-8(7-13-2)11(18)14-12-16-15-9(20-12)5-4-6-10(17)19-3;/h8,13H,4-7H2,1-3H3,(H,14,16,18);1H. The molecule has 1 aromatic rings. The topological polar surface area (TPSA) is 93.2 Å². The highest BCUT2D eigenvalue weighted by atomic mass is 35.5. The Kier molecular flexibility index (Phi) is 9.85. The van der Waals surface area contributed by atoms with Crippen LogP contribution in [0.2, 0.25) is 0 Å². The maximum Gasteiger partial charge on any atom is 0.305 e. The first kappa shape index (κ1) is 19.8. The van der Waals surface area contributed by atoms with Gasteiger partial charge in [-0.25, -0.2) is 0 Å². The second-order valence-electron chi connectivity index (χ2n) is 4.38. The normalized spacial score (nSPS) is 11.4. The van der Waals surface area contributed by atoms with Crippen LogP contribution in [0.1, 0.15) is 24.8 Å². The molecule has 0 aliphatic heterocycles. The van der Waals surface area contributed by atoms with Crippen LogP contribution in [0.4, 0.5) is 5.13 Å². The summed E-state index contributed by atoms with van der Waals surface area (Å²) in [5.41, 5.74) is 0. The van der Waals surface area contributed by atoms with E-state index in [-0.39, 0.29) is 30.2 Å². The number of hydrogen-bond acceptors (Lipinski definition) is 7. The average Bonchev–Trinajstić information content (AvgIpc) is 2.86. The average molecular weight is 337 g/mol. The van der Waals surface area contributed by atoms with E-state index in [1.807, 2.05) is 6.92 Å². The lowest BCUT2D eigenvalue weighted by molar-refractivity contribution is -0.140. The van der Waals surface area contributed by atoms with Crippen molar-refractivity contribution in [3.05, 3.63) is 5.01 Å². The Balaban J connectivity index is 0.00000400. The minimum Gasteiger partial charge on any atom is -0.469 e. The van der Waals surface area contributed by atoms with Crippen molar-refractivity contribution in [2.75, 3.05) is 26.0 Å². The van der Waals surface area contributed by atoms with Crippen LogP contribution in [-0.4, -0.2) is 42.8 Å². The summed E-state index contributed by atoms with van der Waals surface area (Å²) in [5.74, 6) is -0.452. The molecule has 1 aromatic heterocycles. The molecule has 9 heteroatoms. The molecule has 1 atom stereocenters. The number of carbonyl (C=O) groups is 2. The molecule has 1 amide bonds. The molecule has 0 radical (unpaired) electrons. The van der Waals surface area contributed by atoms with E-state index < -0.39 is 0 Å². The van der Waals surface area contributed by atoms with Gasteiger partial charge in [-0.1, -0.05) is 18.3 Å². The van der Waals surface area contributed by atoms with E-state index in [2.05, 4.69) is 25.6 Å². The van der Waals surface area contributed by atoms with E-state index in [0.717, 1.165) is 5.01 Å². The number of methoxy groups -OCH3 is 1. The Bertz CT molecular complexity index is 455. The first-order chi connectivity index (χ1) is 9.56. The Morgan fingerprint density at radius 2 is 2.10 bits per heavy atom. The van der Waals surface area contributed by atoms with Crippen molar-refractivity contribution < 1.29 is 14.3 Å². The maximum absolute atomic E-state index is 11.8. The zero-order valence-corrected chi connectivity index (χ0v) is 14.0. The van der Waals surface area contributed by atoms with Crippen LogP contribution in [0.15, 0.2) is 0 Å². The smallest absolute Gasteiger partial charge is 0.305 e. The molecule has 2 N–H and O–H groups in total. The molecule has 0 saturated heterocycles. The van der Waals surface area contributed by atoms with Gasteiger partial charge in [-0.15, -0.1) is 22.6 Å². The fraction of sp³-hybridized carbons (Fsp3) is 0.667. The van der Waals surface area contributed by atoms with Crippen LogP contribution >= 0.6 is 23.7 Å². The molecule has 1 heterocycles. The third kappa shape index (κ3) is 7.35. The van der Waals surface area contributed by atoms with E-state index in [1.54, 1.807) is 7.05 Å². The number of nitrogens with one attached hydrogen (secondary N) is 2. The van der Waals surface area contributed by atoms with Crippen LogP contribution < -0.4 is 10.6 Å². The van der Waals surface area contributed by atoms with Gasteiger partial charge in [-0.2, -0.15) is 0 Å². The zero-order valence-electron chi connectivity index (χ0n) is 12.3. The SMILES string of the molecule is CNCC(C)C(=O)Nc1nnc(CCCC(=O)OC)s1.Cl. The quantitative estimate of drug-likeness (QED) is 0.694. The van der Waals surface area contributed by atoms with E-state index >= 15 is 0 Å². The summed E-state index contributed by atoms with van der Waals surface area (Å²) in [7, 11) is 3.17. The molecule has 1 unspecified atom stereocenters. The first-order valence-electron chi connectivity index (χ1n) is 6.41. The van der Waals surface area contributed by atoms with Gasteiger partial charge in [0.05, 0.1) is 7.11 Å². The predicted octanol–water partition coefficient (Wildman–Crippen LogP) is 1.25. The lowest BCUT2D eigenvalue weighted by atomic mass is 10.2. The van der Waals surface area contributed by atoms with Crippen molar-refractivity contribution in [3.8, 4) is 0 Å². The summed E-state index contributed by atoms with van der Waals surface area (Å²) in [6.45, 7) is 2.45. The molecule has 0 saturated carbocycles. The lowest BCUT2D eigenvalue weighted by Gasteiger charge is -2.08. The van der Waals surface area contributed by atoms with Gasteiger partial charge in [0.15, 0.2) is 0 Å². The second kappa shape index (κ2) is 10.5. The second-order valence-corrected chi connectivity index (χ2v) is 5.44. The van der Waals surface area contributed by atoms with Crippen LogP contribution in [-0.2, 0) is 20.7 Å². The highest BCUT2D eigenvalue weighted by molar-refractivity contribution is 7.15. The van der Waals surface area contributed by atoms with Crippen molar-refractivity contribution >= 4 is 40.8 Å². The fourth-order valence-corrected chi connectivity index (χ4v) is 2.30. The number of amides is 1. The largest absolute Gasteiger partial charge is 0.469 e. The molecule has 0 aromatic carbocycles. The molecule has 0 aliphatic rings. The molecule has 120 valence electrons. The number of aromatic nitrogens is 2. The van der Waals surface area contributed by atoms with E-state index in [9.17, 15) is 9.59 Å². The Morgan fingerprint density at radius 3 is 2.71 bits per heavy atom. The minimum absolute atomic E-state index is 0. The van der Waals surface area contributed by atoms with Gasteiger partial charge in [-0.3, -0.25) is 9.59 Å². The molecular weight excluding hydrogens is 316 g/mol. The summed E-state index contributed by atoms with van der Waals surface area (Å²) >= 11 is 1.33.